The largest absolute Gasteiger partial charge is 0.272 e. The first-order valence-electron chi connectivity index (χ1n) is 8.45. The molecule has 2 aromatic carbocycles. The second-order valence-electron chi connectivity index (χ2n) is 7.05. The van der Waals surface area contributed by atoms with Crippen LogP contribution in [0.4, 0.5) is 0 Å². The lowest BCUT2D eigenvalue weighted by Gasteiger charge is -2.18. The number of hydrogen-bond acceptors (Lipinski definition) is 3. The lowest BCUT2D eigenvalue weighted by atomic mass is 9.87. The number of nitrogens with zero attached hydrogens (tertiary/aromatic N) is 1. The maximum absolute atomic E-state index is 12.1. The lowest BCUT2D eigenvalue weighted by molar-refractivity contribution is -0.120. The number of hydrogen-bond donors (Lipinski definition) is 1. The molecule has 2 aromatic rings. The van der Waals surface area contributed by atoms with Crippen molar-refractivity contribution >= 4 is 23.9 Å². The third-order valence-electron chi connectivity index (χ3n) is 3.88. The second-order valence-corrected chi connectivity index (χ2v) is 8.37. The van der Waals surface area contributed by atoms with E-state index < -0.39 is 0 Å². The van der Waals surface area contributed by atoms with Crippen LogP contribution in [0, 0.1) is 0 Å². The van der Waals surface area contributed by atoms with E-state index in [0.29, 0.717) is 0 Å². The Balaban J connectivity index is 1.81. The third kappa shape index (κ3) is 6.39. The Labute approximate surface area is 154 Å². The van der Waals surface area contributed by atoms with E-state index in [1.807, 2.05) is 37.3 Å². The first-order chi connectivity index (χ1) is 11.9. The molecule has 4 heteroatoms. The maximum atomic E-state index is 12.1. The molecule has 0 spiro atoms. The predicted octanol–water partition coefficient (Wildman–Crippen LogP) is 4.76. The zero-order valence-corrected chi connectivity index (χ0v) is 16.1. The smallest absolute Gasteiger partial charge is 0.252 e. The van der Waals surface area contributed by atoms with Crippen LogP contribution in [0.5, 0.6) is 0 Å². The van der Waals surface area contributed by atoms with Crippen LogP contribution in [0.15, 0.2) is 59.7 Å². The molecule has 2 rings (SSSR count). The molecule has 0 aliphatic heterocycles. The van der Waals surface area contributed by atoms with Crippen molar-refractivity contribution in [3.05, 3.63) is 71.3 Å². The minimum Gasteiger partial charge on any atom is -0.272 e. The van der Waals surface area contributed by atoms with Crippen molar-refractivity contribution < 1.29 is 4.79 Å². The number of carbonyl (C=O) groups is 1. The molecule has 1 atom stereocenters. The Morgan fingerprint density at radius 3 is 2.36 bits per heavy atom. The average molecular weight is 355 g/mol. The van der Waals surface area contributed by atoms with Crippen LogP contribution in [0.2, 0.25) is 0 Å². The number of rotatable bonds is 6. The average Bonchev–Trinajstić information content (AvgIpc) is 2.60. The summed E-state index contributed by atoms with van der Waals surface area (Å²) in [5, 5.41) is 3.92. The summed E-state index contributed by atoms with van der Waals surface area (Å²) in [5.74, 6) is 0.733. The van der Waals surface area contributed by atoms with E-state index in [1.54, 1.807) is 18.0 Å². The van der Waals surface area contributed by atoms with Gasteiger partial charge in [-0.3, -0.25) is 4.79 Å². The van der Waals surface area contributed by atoms with Crippen LogP contribution in [-0.2, 0) is 16.0 Å². The fourth-order valence-electron chi connectivity index (χ4n) is 2.20. The van der Waals surface area contributed by atoms with Gasteiger partial charge in [0.2, 0.25) is 0 Å². The maximum Gasteiger partial charge on any atom is 0.252 e. The molecule has 0 bridgehead atoms. The lowest BCUT2D eigenvalue weighted by Crippen LogP contribution is -2.27. The van der Waals surface area contributed by atoms with Gasteiger partial charge in [-0.25, -0.2) is 5.43 Å². The SMILES string of the molecule is C[C@H](SCc1ccccc1)C(=O)N/N=C\c1ccc(C(C)(C)C)cc1. The fraction of sp³-hybridized carbons (Fsp3) is 0.333. The molecule has 0 saturated carbocycles. The number of carbonyl (C=O) groups excluding carboxylic acids is 1. The van der Waals surface area contributed by atoms with Crippen molar-refractivity contribution in [2.24, 2.45) is 5.10 Å². The molecule has 0 aliphatic carbocycles. The summed E-state index contributed by atoms with van der Waals surface area (Å²) in [4.78, 5) is 12.1. The van der Waals surface area contributed by atoms with Gasteiger partial charge in [-0.05, 0) is 29.0 Å². The van der Waals surface area contributed by atoms with Gasteiger partial charge in [0.1, 0.15) is 0 Å². The summed E-state index contributed by atoms with van der Waals surface area (Å²) in [6.07, 6.45) is 1.68. The first kappa shape index (κ1) is 19.3. The number of nitrogens with one attached hydrogen (secondary N) is 1. The molecular weight excluding hydrogens is 328 g/mol. The van der Waals surface area contributed by atoms with E-state index >= 15 is 0 Å². The van der Waals surface area contributed by atoms with Crippen LogP contribution < -0.4 is 5.43 Å². The van der Waals surface area contributed by atoms with Gasteiger partial charge in [0.25, 0.3) is 5.91 Å². The Morgan fingerprint density at radius 2 is 1.76 bits per heavy atom. The normalized spacial score (nSPS) is 13.0. The highest BCUT2D eigenvalue weighted by Gasteiger charge is 2.13. The molecule has 25 heavy (non-hydrogen) atoms. The topological polar surface area (TPSA) is 41.5 Å². The summed E-state index contributed by atoms with van der Waals surface area (Å²) >= 11 is 1.60. The predicted molar refractivity (Wildman–Crippen MR) is 108 cm³/mol. The van der Waals surface area contributed by atoms with Gasteiger partial charge in [-0.1, -0.05) is 75.4 Å². The summed E-state index contributed by atoms with van der Waals surface area (Å²) in [6, 6.07) is 18.4. The Morgan fingerprint density at radius 1 is 1.12 bits per heavy atom. The van der Waals surface area contributed by atoms with E-state index in [4.69, 9.17) is 0 Å². The number of benzene rings is 2. The van der Waals surface area contributed by atoms with E-state index in [0.717, 1.165) is 11.3 Å². The van der Waals surface area contributed by atoms with Crippen LogP contribution in [0.3, 0.4) is 0 Å². The summed E-state index contributed by atoms with van der Waals surface area (Å²) in [6.45, 7) is 8.46. The quantitative estimate of drug-likeness (QED) is 0.600. The van der Waals surface area contributed by atoms with Gasteiger partial charge in [0.05, 0.1) is 11.5 Å². The Kier molecular flexibility index (Phi) is 6.82. The van der Waals surface area contributed by atoms with Crippen LogP contribution in [0.25, 0.3) is 0 Å². The van der Waals surface area contributed by atoms with Crippen molar-refractivity contribution in [3.63, 3.8) is 0 Å². The van der Waals surface area contributed by atoms with Gasteiger partial charge in [0, 0.05) is 5.75 Å². The molecule has 3 nitrogen and oxygen atoms in total. The zero-order chi connectivity index (χ0) is 18.3. The highest BCUT2D eigenvalue weighted by Crippen LogP contribution is 2.21. The summed E-state index contributed by atoms with van der Waals surface area (Å²) in [5.41, 5.74) is 6.22. The number of thioether (sulfide) groups is 1. The van der Waals surface area contributed by atoms with Crippen molar-refractivity contribution in [1.82, 2.24) is 5.43 Å². The molecule has 0 radical (unpaired) electrons. The highest BCUT2D eigenvalue weighted by atomic mass is 32.2. The van der Waals surface area contributed by atoms with Crippen molar-refractivity contribution in [2.75, 3.05) is 0 Å². The van der Waals surface area contributed by atoms with Crippen molar-refractivity contribution in [3.8, 4) is 0 Å². The minimum absolute atomic E-state index is 0.0801. The second kappa shape index (κ2) is 8.86. The molecule has 0 heterocycles. The Hall–Kier alpha value is -2.07. The van der Waals surface area contributed by atoms with Crippen molar-refractivity contribution in [1.29, 1.82) is 0 Å². The van der Waals surface area contributed by atoms with Crippen LogP contribution >= 0.6 is 11.8 Å². The van der Waals surface area contributed by atoms with Gasteiger partial charge >= 0.3 is 0 Å². The zero-order valence-electron chi connectivity index (χ0n) is 15.3. The minimum atomic E-state index is -0.152. The standard InChI is InChI=1S/C21H26N2OS/c1-16(25-15-18-8-6-5-7-9-18)20(24)23-22-14-17-10-12-19(13-11-17)21(2,3)4/h5-14,16H,15H2,1-4H3,(H,23,24)/b22-14-/t16-/m0/s1. The monoisotopic (exact) mass is 354 g/mol. The van der Waals surface area contributed by atoms with Gasteiger partial charge in [-0.2, -0.15) is 5.10 Å². The number of hydrazone groups is 1. The van der Waals surface area contributed by atoms with Crippen molar-refractivity contribution in [2.45, 2.75) is 44.1 Å². The summed E-state index contributed by atoms with van der Waals surface area (Å²) < 4.78 is 0. The molecule has 0 unspecified atom stereocenters. The van der Waals surface area contributed by atoms with Gasteiger partial charge < -0.3 is 0 Å². The first-order valence-corrected chi connectivity index (χ1v) is 9.50. The van der Waals surface area contributed by atoms with Gasteiger partial charge in [-0.15, -0.1) is 11.8 Å². The van der Waals surface area contributed by atoms with E-state index in [2.05, 4.69) is 55.6 Å². The fourth-order valence-corrected chi connectivity index (χ4v) is 3.04. The Bertz CT molecular complexity index is 703. The molecule has 1 amide bonds. The highest BCUT2D eigenvalue weighted by molar-refractivity contribution is 7.99. The molecule has 1 N–H and O–H groups in total. The molecular formula is C21H26N2OS. The van der Waals surface area contributed by atoms with E-state index in [9.17, 15) is 4.79 Å². The molecule has 0 aliphatic rings. The van der Waals surface area contributed by atoms with E-state index in [-0.39, 0.29) is 16.6 Å². The third-order valence-corrected chi connectivity index (χ3v) is 5.09. The molecule has 0 saturated heterocycles. The van der Waals surface area contributed by atoms with Crippen LogP contribution in [-0.4, -0.2) is 17.4 Å². The van der Waals surface area contributed by atoms with Gasteiger partial charge in [0.15, 0.2) is 0 Å². The number of amides is 1. The molecule has 0 aromatic heterocycles. The van der Waals surface area contributed by atoms with E-state index in [1.165, 1.54) is 11.1 Å². The summed E-state index contributed by atoms with van der Waals surface area (Å²) in [7, 11) is 0. The molecule has 132 valence electrons. The van der Waals surface area contributed by atoms with Crippen LogP contribution in [0.1, 0.15) is 44.4 Å². The molecule has 0 fully saturated rings.